The van der Waals surface area contributed by atoms with Crippen molar-refractivity contribution in [3.8, 4) is 0 Å². The number of nitro groups is 1. The van der Waals surface area contributed by atoms with Crippen molar-refractivity contribution in [1.29, 1.82) is 0 Å². The fourth-order valence-electron chi connectivity index (χ4n) is 1.32. The lowest BCUT2D eigenvalue weighted by atomic mass is 10.2. The normalized spacial score (nSPS) is 17.3. The van der Waals surface area contributed by atoms with Crippen molar-refractivity contribution >= 4 is 15.9 Å². The molecule has 1 heterocycles. The summed E-state index contributed by atoms with van der Waals surface area (Å²) in [4.78, 5) is 9.57. The van der Waals surface area contributed by atoms with E-state index in [4.69, 9.17) is 0 Å². The third-order valence-corrected chi connectivity index (χ3v) is 3.71. The van der Waals surface area contributed by atoms with Crippen LogP contribution in [0.3, 0.4) is 0 Å². The van der Waals surface area contributed by atoms with E-state index in [0.29, 0.717) is 5.56 Å². The molecule has 1 aliphatic heterocycles. The second kappa shape index (κ2) is 2.65. The van der Waals surface area contributed by atoms with Crippen molar-refractivity contribution in [3.05, 3.63) is 45.0 Å². The molecule has 0 aromatic heterocycles. The van der Waals surface area contributed by atoms with Crippen LogP contribution < -0.4 is 0 Å². The van der Waals surface area contributed by atoms with Gasteiger partial charge >= 0.3 is 5.03 Å². The van der Waals surface area contributed by atoms with E-state index in [-0.39, 0.29) is 4.90 Å². The average Bonchev–Trinajstić information content (AvgIpc) is 2.39. The Bertz CT molecular complexity index is 544. The monoisotopic (exact) mass is 211 g/mol. The molecule has 0 atom stereocenters. The highest BCUT2D eigenvalue weighted by Crippen LogP contribution is 2.32. The maximum absolute atomic E-state index is 11.5. The van der Waals surface area contributed by atoms with Crippen LogP contribution in [-0.4, -0.2) is 13.3 Å². The predicted octanol–water partition coefficient (Wildman–Crippen LogP) is 1.05. The number of sulfone groups is 1. The van der Waals surface area contributed by atoms with Gasteiger partial charge in [-0.1, -0.05) is 18.2 Å². The fourth-order valence-corrected chi connectivity index (χ4v) is 2.72. The maximum atomic E-state index is 11.5. The molecule has 14 heavy (non-hydrogen) atoms. The van der Waals surface area contributed by atoms with Crippen LogP contribution in [0, 0.1) is 10.1 Å². The minimum absolute atomic E-state index is 0.00620. The SMILES string of the molecule is O=[N+]([O-])C1=Cc2ccccc2S1(=O)=O. The van der Waals surface area contributed by atoms with Crippen LogP contribution in [0.1, 0.15) is 5.56 Å². The molecule has 1 aliphatic rings. The summed E-state index contributed by atoms with van der Waals surface area (Å²) in [6, 6.07) is 6.06. The number of benzene rings is 1. The molecular weight excluding hydrogens is 206 g/mol. The van der Waals surface area contributed by atoms with Crippen LogP contribution in [0.4, 0.5) is 0 Å². The van der Waals surface area contributed by atoms with Crippen molar-refractivity contribution in [3.63, 3.8) is 0 Å². The van der Waals surface area contributed by atoms with E-state index < -0.39 is 19.8 Å². The number of fused-ring (bicyclic) bond motifs is 1. The average molecular weight is 211 g/mol. The summed E-state index contributed by atoms with van der Waals surface area (Å²) in [6.07, 6.45) is 1.07. The van der Waals surface area contributed by atoms with E-state index in [0.717, 1.165) is 6.08 Å². The van der Waals surface area contributed by atoms with Crippen LogP contribution in [-0.2, 0) is 9.84 Å². The van der Waals surface area contributed by atoms with Crippen molar-refractivity contribution in [2.75, 3.05) is 0 Å². The quantitative estimate of drug-likeness (QED) is 0.513. The Kier molecular flexibility index (Phi) is 1.68. The molecule has 72 valence electrons. The van der Waals surface area contributed by atoms with Crippen molar-refractivity contribution < 1.29 is 13.3 Å². The molecule has 0 saturated heterocycles. The number of hydrogen-bond donors (Lipinski definition) is 0. The lowest BCUT2D eigenvalue weighted by Gasteiger charge is -1.95. The van der Waals surface area contributed by atoms with Crippen molar-refractivity contribution in [2.24, 2.45) is 0 Å². The first-order chi connectivity index (χ1) is 6.53. The molecule has 0 spiro atoms. The van der Waals surface area contributed by atoms with Gasteiger partial charge in [0.15, 0.2) is 0 Å². The van der Waals surface area contributed by atoms with Crippen molar-refractivity contribution in [2.45, 2.75) is 4.90 Å². The van der Waals surface area contributed by atoms with E-state index in [1.807, 2.05) is 0 Å². The summed E-state index contributed by atoms with van der Waals surface area (Å²) in [5, 5.41) is 9.69. The van der Waals surface area contributed by atoms with Crippen molar-refractivity contribution in [1.82, 2.24) is 0 Å². The molecule has 1 aromatic rings. The van der Waals surface area contributed by atoms with Gasteiger partial charge in [-0.3, -0.25) is 10.1 Å². The Morgan fingerprint density at radius 3 is 2.43 bits per heavy atom. The van der Waals surface area contributed by atoms with Gasteiger partial charge in [-0.15, -0.1) is 0 Å². The highest BCUT2D eigenvalue weighted by molar-refractivity contribution is 7.95. The Morgan fingerprint density at radius 1 is 1.21 bits per heavy atom. The van der Waals surface area contributed by atoms with E-state index in [1.165, 1.54) is 18.2 Å². The largest absolute Gasteiger partial charge is 0.364 e. The van der Waals surface area contributed by atoms with Gasteiger partial charge < -0.3 is 0 Å². The Balaban J connectivity index is 2.75. The lowest BCUT2D eigenvalue weighted by Crippen LogP contribution is -2.08. The zero-order valence-corrected chi connectivity index (χ0v) is 7.69. The van der Waals surface area contributed by atoms with Crippen LogP contribution in [0.15, 0.2) is 34.2 Å². The van der Waals surface area contributed by atoms with Gasteiger partial charge in [-0.05, 0) is 6.07 Å². The highest BCUT2D eigenvalue weighted by Gasteiger charge is 2.38. The number of hydrogen-bond acceptors (Lipinski definition) is 4. The number of rotatable bonds is 1. The fraction of sp³-hybridized carbons (Fsp3) is 0. The Morgan fingerprint density at radius 2 is 1.86 bits per heavy atom. The summed E-state index contributed by atoms with van der Waals surface area (Å²) in [6.45, 7) is 0. The summed E-state index contributed by atoms with van der Waals surface area (Å²) >= 11 is 0. The smallest absolute Gasteiger partial charge is 0.258 e. The standard InChI is InChI=1S/C8H5NO4S/c10-9(11)8-5-6-3-1-2-4-7(6)14(8,12)13/h1-5H. The minimum atomic E-state index is -3.88. The van der Waals surface area contributed by atoms with Gasteiger partial charge in [0.25, 0.3) is 9.84 Å². The molecule has 2 rings (SSSR count). The van der Waals surface area contributed by atoms with E-state index >= 15 is 0 Å². The van der Waals surface area contributed by atoms with Crippen LogP contribution in [0.5, 0.6) is 0 Å². The molecule has 6 heteroatoms. The van der Waals surface area contributed by atoms with Gasteiger partial charge in [-0.25, -0.2) is 8.42 Å². The molecule has 0 amide bonds. The summed E-state index contributed by atoms with van der Waals surface area (Å²) in [7, 11) is -3.88. The van der Waals surface area contributed by atoms with Gasteiger partial charge in [0.1, 0.15) is 0 Å². The predicted molar refractivity (Wildman–Crippen MR) is 48.6 cm³/mol. The molecule has 0 radical (unpaired) electrons. The summed E-state index contributed by atoms with van der Waals surface area (Å²) in [5.41, 5.74) is 0.374. The molecular formula is C8H5NO4S. The first-order valence-corrected chi connectivity index (χ1v) is 5.22. The third kappa shape index (κ3) is 1.04. The second-order valence-electron chi connectivity index (χ2n) is 2.78. The molecule has 5 nitrogen and oxygen atoms in total. The van der Waals surface area contributed by atoms with Gasteiger partial charge in [0, 0.05) is 11.6 Å². The van der Waals surface area contributed by atoms with Gasteiger partial charge in [0.05, 0.1) is 9.82 Å². The first-order valence-electron chi connectivity index (χ1n) is 3.74. The second-order valence-corrected chi connectivity index (χ2v) is 4.65. The minimum Gasteiger partial charge on any atom is -0.258 e. The van der Waals surface area contributed by atoms with Crippen LogP contribution in [0.2, 0.25) is 0 Å². The molecule has 0 fully saturated rings. The molecule has 0 unspecified atom stereocenters. The molecule has 0 N–H and O–H groups in total. The van der Waals surface area contributed by atoms with Crippen LogP contribution in [0.25, 0.3) is 6.08 Å². The lowest BCUT2D eigenvalue weighted by molar-refractivity contribution is -0.410. The summed E-state index contributed by atoms with van der Waals surface area (Å²) < 4.78 is 23.0. The zero-order chi connectivity index (χ0) is 10.3. The Labute approximate surface area is 79.7 Å². The van der Waals surface area contributed by atoms with Crippen LogP contribution >= 0.6 is 0 Å². The summed E-state index contributed by atoms with van der Waals surface area (Å²) in [5.74, 6) is 0. The molecule has 0 saturated carbocycles. The Hall–Kier alpha value is -1.69. The topological polar surface area (TPSA) is 77.3 Å². The van der Waals surface area contributed by atoms with E-state index in [2.05, 4.69) is 0 Å². The molecule has 0 aliphatic carbocycles. The third-order valence-electron chi connectivity index (χ3n) is 1.94. The van der Waals surface area contributed by atoms with Gasteiger partial charge in [0.2, 0.25) is 0 Å². The first kappa shape index (κ1) is 8.89. The van der Waals surface area contributed by atoms with E-state index in [9.17, 15) is 18.5 Å². The number of nitrogens with zero attached hydrogens (tertiary/aromatic N) is 1. The molecule has 1 aromatic carbocycles. The maximum Gasteiger partial charge on any atom is 0.364 e. The molecule has 0 bridgehead atoms. The van der Waals surface area contributed by atoms with E-state index in [1.54, 1.807) is 6.07 Å². The highest BCUT2D eigenvalue weighted by atomic mass is 32.2. The van der Waals surface area contributed by atoms with Gasteiger partial charge in [-0.2, -0.15) is 0 Å². The zero-order valence-electron chi connectivity index (χ0n) is 6.88.